The predicted molar refractivity (Wildman–Crippen MR) is 68.0 cm³/mol. The molecule has 0 amide bonds. The van der Waals surface area contributed by atoms with Gasteiger partial charge in [0, 0.05) is 24.2 Å². The molecule has 84 valence electrons. The fourth-order valence-electron chi connectivity index (χ4n) is 2.18. The van der Waals surface area contributed by atoms with E-state index in [1.807, 2.05) is 6.20 Å². The molecule has 0 radical (unpaired) electrons. The van der Waals surface area contributed by atoms with Crippen molar-refractivity contribution in [1.29, 1.82) is 0 Å². The molecule has 0 saturated carbocycles. The number of imidazole rings is 1. The predicted octanol–water partition coefficient (Wildman–Crippen LogP) is 3.13. The smallest absolute Gasteiger partial charge is 0.0924 e. The van der Waals surface area contributed by atoms with E-state index in [1.54, 1.807) is 17.7 Å². The molecule has 3 rings (SSSR count). The standard InChI is InChI=1S/C12H15N3S/c1-2-4-15(5-3-1)10-6-12(16-8-10)11-7-13-9-14-11/h6-9H,1-5H2,(H,13,14). The van der Waals surface area contributed by atoms with Crippen molar-refractivity contribution in [3.8, 4) is 10.6 Å². The first-order chi connectivity index (χ1) is 7.93. The molecule has 1 fully saturated rings. The van der Waals surface area contributed by atoms with Gasteiger partial charge in [-0.2, -0.15) is 0 Å². The van der Waals surface area contributed by atoms with E-state index in [9.17, 15) is 0 Å². The molecule has 0 aliphatic carbocycles. The summed E-state index contributed by atoms with van der Waals surface area (Å²) in [4.78, 5) is 11.0. The number of anilines is 1. The summed E-state index contributed by atoms with van der Waals surface area (Å²) >= 11 is 1.79. The minimum atomic E-state index is 1.12. The summed E-state index contributed by atoms with van der Waals surface area (Å²) in [6.07, 6.45) is 7.65. The average molecular weight is 233 g/mol. The van der Waals surface area contributed by atoms with Gasteiger partial charge >= 0.3 is 0 Å². The zero-order chi connectivity index (χ0) is 10.8. The first-order valence-electron chi connectivity index (χ1n) is 5.76. The lowest BCUT2D eigenvalue weighted by atomic mass is 10.1. The number of hydrogen-bond donors (Lipinski definition) is 1. The number of thiophene rings is 1. The molecule has 0 unspecified atom stereocenters. The van der Waals surface area contributed by atoms with Crippen LogP contribution in [0.4, 0.5) is 5.69 Å². The topological polar surface area (TPSA) is 31.9 Å². The van der Waals surface area contributed by atoms with Crippen LogP contribution >= 0.6 is 11.3 Å². The highest BCUT2D eigenvalue weighted by molar-refractivity contribution is 7.14. The molecule has 3 nitrogen and oxygen atoms in total. The van der Waals surface area contributed by atoms with Gasteiger partial charge in [-0.05, 0) is 25.3 Å². The molecule has 16 heavy (non-hydrogen) atoms. The first kappa shape index (κ1) is 9.90. The molecule has 3 heterocycles. The molecule has 2 aromatic heterocycles. The maximum absolute atomic E-state index is 4.06. The number of aromatic amines is 1. The van der Waals surface area contributed by atoms with E-state index in [-0.39, 0.29) is 0 Å². The van der Waals surface area contributed by atoms with E-state index >= 15 is 0 Å². The number of hydrogen-bond acceptors (Lipinski definition) is 3. The van der Waals surface area contributed by atoms with Crippen LogP contribution in [-0.4, -0.2) is 23.1 Å². The molecule has 1 aliphatic heterocycles. The van der Waals surface area contributed by atoms with Gasteiger partial charge in [-0.15, -0.1) is 11.3 Å². The van der Waals surface area contributed by atoms with Crippen molar-refractivity contribution in [2.75, 3.05) is 18.0 Å². The van der Waals surface area contributed by atoms with Crippen molar-refractivity contribution >= 4 is 17.0 Å². The number of aromatic nitrogens is 2. The Morgan fingerprint density at radius 1 is 1.25 bits per heavy atom. The molecule has 1 saturated heterocycles. The summed E-state index contributed by atoms with van der Waals surface area (Å²) in [5.41, 5.74) is 2.49. The van der Waals surface area contributed by atoms with Gasteiger partial charge in [0.05, 0.1) is 23.1 Å². The second-order valence-corrected chi connectivity index (χ2v) is 5.09. The summed E-state index contributed by atoms with van der Waals surface area (Å²) in [5, 5.41) is 2.25. The Morgan fingerprint density at radius 3 is 2.88 bits per heavy atom. The Kier molecular flexibility index (Phi) is 2.66. The number of piperidine rings is 1. The minimum Gasteiger partial charge on any atom is -0.371 e. The lowest BCUT2D eigenvalue weighted by molar-refractivity contribution is 0.578. The Bertz CT molecular complexity index is 441. The molecule has 0 aromatic carbocycles. The van der Waals surface area contributed by atoms with E-state index in [1.165, 1.54) is 42.9 Å². The molecule has 4 heteroatoms. The zero-order valence-corrected chi connectivity index (χ0v) is 9.96. The van der Waals surface area contributed by atoms with Crippen molar-refractivity contribution in [1.82, 2.24) is 9.97 Å². The van der Waals surface area contributed by atoms with Gasteiger partial charge in [0.1, 0.15) is 0 Å². The van der Waals surface area contributed by atoms with Crippen LogP contribution in [0.3, 0.4) is 0 Å². The third kappa shape index (κ3) is 1.85. The number of nitrogens with zero attached hydrogens (tertiary/aromatic N) is 2. The maximum atomic E-state index is 4.06. The van der Waals surface area contributed by atoms with Crippen molar-refractivity contribution in [3.05, 3.63) is 24.0 Å². The summed E-state index contributed by atoms with van der Waals surface area (Å²) < 4.78 is 0. The molecule has 1 aliphatic rings. The van der Waals surface area contributed by atoms with E-state index in [0.717, 1.165) is 5.69 Å². The Hall–Kier alpha value is -1.29. The van der Waals surface area contributed by atoms with Crippen LogP contribution in [0.25, 0.3) is 10.6 Å². The fourth-order valence-corrected chi connectivity index (χ4v) is 3.07. The summed E-state index contributed by atoms with van der Waals surface area (Å²) in [6, 6.07) is 2.27. The number of H-pyrrole nitrogens is 1. The average Bonchev–Trinajstić information content (AvgIpc) is 3.01. The number of rotatable bonds is 2. The van der Waals surface area contributed by atoms with E-state index < -0.39 is 0 Å². The Balaban J connectivity index is 1.82. The van der Waals surface area contributed by atoms with Crippen LogP contribution < -0.4 is 4.90 Å². The van der Waals surface area contributed by atoms with Crippen LogP contribution in [0.5, 0.6) is 0 Å². The highest BCUT2D eigenvalue weighted by Gasteiger charge is 2.13. The second-order valence-electron chi connectivity index (χ2n) is 4.18. The van der Waals surface area contributed by atoms with Gasteiger partial charge < -0.3 is 9.88 Å². The van der Waals surface area contributed by atoms with Gasteiger partial charge in [-0.25, -0.2) is 4.98 Å². The van der Waals surface area contributed by atoms with Crippen LogP contribution in [-0.2, 0) is 0 Å². The van der Waals surface area contributed by atoms with Crippen LogP contribution in [0, 0.1) is 0 Å². The Labute approximate surface area is 99.1 Å². The third-order valence-corrected chi connectivity index (χ3v) is 4.02. The van der Waals surface area contributed by atoms with Crippen molar-refractivity contribution in [2.45, 2.75) is 19.3 Å². The third-order valence-electron chi connectivity index (χ3n) is 3.07. The summed E-state index contributed by atoms with van der Waals surface area (Å²) in [5.74, 6) is 0. The number of nitrogens with one attached hydrogen (secondary N) is 1. The van der Waals surface area contributed by atoms with E-state index in [4.69, 9.17) is 0 Å². The van der Waals surface area contributed by atoms with Gasteiger partial charge in [-0.3, -0.25) is 0 Å². The van der Waals surface area contributed by atoms with Crippen LogP contribution in [0.1, 0.15) is 19.3 Å². The monoisotopic (exact) mass is 233 g/mol. The molecule has 0 spiro atoms. The molecule has 1 N–H and O–H groups in total. The fraction of sp³-hybridized carbons (Fsp3) is 0.417. The second kappa shape index (κ2) is 4.29. The van der Waals surface area contributed by atoms with E-state index in [0.29, 0.717) is 0 Å². The molecule has 2 aromatic rings. The lowest BCUT2D eigenvalue weighted by Gasteiger charge is -2.27. The highest BCUT2D eigenvalue weighted by atomic mass is 32.1. The van der Waals surface area contributed by atoms with Crippen LogP contribution in [0.2, 0.25) is 0 Å². The molecular weight excluding hydrogens is 218 g/mol. The van der Waals surface area contributed by atoms with Gasteiger partial charge in [0.2, 0.25) is 0 Å². The van der Waals surface area contributed by atoms with Crippen molar-refractivity contribution < 1.29 is 0 Å². The largest absolute Gasteiger partial charge is 0.371 e. The van der Waals surface area contributed by atoms with Crippen molar-refractivity contribution in [3.63, 3.8) is 0 Å². The highest BCUT2D eigenvalue weighted by Crippen LogP contribution is 2.31. The molecule has 0 bridgehead atoms. The lowest BCUT2D eigenvalue weighted by Crippen LogP contribution is -2.28. The maximum Gasteiger partial charge on any atom is 0.0924 e. The SMILES string of the molecule is c1ncc(-c2cc(N3CCCCC3)cs2)[nH]1. The molecular formula is C12H15N3S. The summed E-state index contributed by atoms with van der Waals surface area (Å²) in [7, 11) is 0. The van der Waals surface area contributed by atoms with Crippen LogP contribution in [0.15, 0.2) is 24.0 Å². The quantitative estimate of drug-likeness (QED) is 0.864. The normalized spacial score (nSPS) is 16.6. The minimum absolute atomic E-state index is 1.12. The molecule has 0 atom stereocenters. The zero-order valence-electron chi connectivity index (χ0n) is 9.15. The van der Waals surface area contributed by atoms with Crippen molar-refractivity contribution in [2.24, 2.45) is 0 Å². The van der Waals surface area contributed by atoms with Gasteiger partial charge in [0.15, 0.2) is 0 Å². The first-order valence-corrected chi connectivity index (χ1v) is 6.64. The Morgan fingerprint density at radius 2 is 2.12 bits per heavy atom. The van der Waals surface area contributed by atoms with Gasteiger partial charge in [0.25, 0.3) is 0 Å². The van der Waals surface area contributed by atoms with Gasteiger partial charge in [-0.1, -0.05) is 0 Å². The van der Waals surface area contributed by atoms with E-state index in [2.05, 4.69) is 26.3 Å². The summed E-state index contributed by atoms with van der Waals surface area (Å²) in [6.45, 7) is 2.41.